The first-order chi connectivity index (χ1) is 15.3. The Morgan fingerprint density at radius 3 is 2.42 bits per heavy atom. The summed E-state index contributed by atoms with van der Waals surface area (Å²) in [5.74, 6) is -5.43. The smallest absolute Gasteiger partial charge is 0.324 e. The summed E-state index contributed by atoms with van der Waals surface area (Å²) in [6.45, 7) is 5.55. The van der Waals surface area contributed by atoms with Crippen molar-refractivity contribution in [2.45, 2.75) is 56.9 Å². The Balaban J connectivity index is 2.02. The van der Waals surface area contributed by atoms with Gasteiger partial charge < -0.3 is 11.1 Å². The first-order valence-electron chi connectivity index (χ1n) is 10.4. The molecule has 0 aromatic heterocycles. The third-order valence-corrected chi connectivity index (χ3v) is 6.07. The predicted octanol–water partition coefficient (Wildman–Crippen LogP) is 6.30. The zero-order chi connectivity index (χ0) is 24.8. The molecule has 0 bridgehead atoms. The van der Waals surface area contributed by atoms with Gasteiger partial charge in [0.15, 0.2) is 0 Å². The Kier molecular flexibility index (Phi) is 6.41. The number of carbonyl (C=O) groups excluding carboxylic acids is 1. The Labute approximate surface area is 187 Å². The van der Waals surface area contributed by atoms with E-state index in [0.717, 1.165) is 30.0 Å². The van der Waals surface area contributed by atoms with Crippen LogP contribution in [0.25, 0.3) is 0 Å². The van der Waals surface area contributed by atoms with Crippen LogP contribution in [-0.2, 0) is 18.5 Å². The van der Waals surface area contributed by atoms with Crippen LogP contribution in [0.2, 0.25) is 0 Å². The van der Waals surface area contributed by atoms with Crippen LogP contribution in [0.1, 0.15) is 57.6 Å². The van der Waals surface area contributed by atoms with E-state index >= 15 is 4.39 Å². The number of aryl methyl sites for hydroxylation is 3. The van der Waals surface area contributed by atoms with Gasteiger partial charge in [0.2, 0.25) is 0 Å². The van der Waals surface area contributed by atoms with Crippen LogP contribution in [0.4, 0.5) is 32.0 Å². The van der Waals surface area contributed by atoms with Gasteiger partial charge in [-0.25, -0.2) is 4.39 Å². The van der Waals surface area contributed by atoms with E-state index in [0.29, 0.717) is 11.6 Å². The van der Waals surface area contributed by atoms with E-state index in [1.54, 1.807) is 25.1 Å². The van der Waals surface area contributed by atoms with Crippen molar-refractivity contribution in [3.63, 3.8) is 0 Å². The molecule has 33 heavy (non-hydrogen) atoms. The number of anilines is 1. The summed E-state index contributed by atoms with van der Waals surface area (Å²) >= 11 is 0. The zero-order valence-corrected chi connectivity index (χ0v) is 18.1. The number of allylic oxidation sites excluding steroid dienone is 1. The molecule has 0 fully saturated rings. The molecule has 2 aromatic rings. The van der Waals surface area contributed by atoms with Crippen LogP contribution in [0.15, 0.2) is 43.0 Å². The molecule has 0 radical (unpaired) electrons. The van der Waals surface area contributed by atoms with Crippen molar-refractivity contribution in [2.75, 3.05) is 5.32 Å². The number of alkyl halides is 6. The highest BCUT2D eigenvalue weighted by Gasteiger charge is 2.71. The number of nitrogens with two attached hydrogens (primary N) is 1. The standard InChI is InChI=1S/C24H24F6N2O/c1-4-14-12-17(23(27,24(28,29)30)22(25,26)5-2)10-13(3)20(14)32-21(33)16-6-8-18-15(11-16)7-9-19(18)31/h5-6,8,10-12,19H,2,4,7,9,31H2,1,3H3,(H,32,33). The van der Waals surface area contributed by atoms with Crippen LogP contribution in [0.3, 0.4) is 0 Å². The number of nitrogens with one attached hydrogen (secondary N) is 1. The van der Waals surface area contributed by atoms with Crippen molar-refractivity contribution < 1.29 is 31.1 Å². The highest BCUT2D eigenvalue weighted by Crippen LogP contribution is 2.53. The summed E-state index contributed by atoms with van der Waals surface area (Å²) < 4.78 is 83.9. The minimum atomic E-state index is -5.90. The number of amides is 1. The molecular formula is C24H24F6N2O. The quantitative estimate of drug-likeness (QED) is 0.384. The lowest BCUT2D eigenvalue weighted by molar-refractivity contribution is -0.296. The van der Waals surface area contributed by atoms with Crippen LogP contribution in [-0.4, -0.2) is 18.0 Å². The molecule has 2 unspecified atom stereocenters. The minimum absolute atomic E-state index is 0.0204. The second-order valence-corrected chi connectivity index (χ2v) is 8.18. The fraction of sp³-hybridized carbons (Fsp3) is 0.375. The number of rotatable bonds is 6. The molecule has 3 N–H and O–H groups in total. The van der Waals surface area contributed by atoms with Crippen molar-refractivity contribution in [1.29, 1.82) is 0 Å². The molecule has 1 amide bonds. The van der Waals surface area contributed by atoms with Gasteiger partial charge in [-0.3, -0.25) is 4.79 Å². The summed E-state index contributed by atoms with van der Waals surface area (Å²) in [5, 5.41) is 2.64. The average molecular weight is 470 g/mol. The largest absolute Gasteiger partial charge is 0.433 e. The Morgan fingerprint density at radius 1 is 1.18 bits per heavy atom. The van der Waals surface area contributed by atoms with Crippen LogP contribution in [0, 0.1) is 6.92 Å². The third kappa shape index (κ3) is 4.14. The number of carbonyl (C=O) groups is 1. The van der Waals surface area contributed by atoms with E-state index in [2.05, 4.69) is 11.9 Å². The van der Waals surface area contributed by atoms with Gasteiger partial charge in [0.1, 0.15) is 0 Å². The first-order valence-corrected chi connectivity index (χ1v) is 10.4. The average Bonchev–Trinajstić information content (AvgIpc) is 3.13. The highest BCUT2D eigenvalue weighted by molar-refractivity contribution is 6.05. The molecule has 0 saturated heterocycles. The first kappa shape index (κ1) is 24.8. The van der Waals surface area contributed by atoms with Crippen molar-refractivity contribution >= 4 is 11.6 Å². The summed E-state index contributed by atoms with van der Waals surface area (Å²) in [4.78, 5) is 12.8. The summed E-state index contributed by atoms with van der Waals surface area (Å²) in [6.07, 6.45) is -4.70. The monoisotopic (exact) mass is 470 g/mol. The molecule has 0 aliphatic heterocycles. The Morgan fingerprint density at radius 2 is 1.85 bits per heavy atom. The maximum atomic E-state index is 15.1. The summed E-state index contributed by atoms with van der Waals surface area (Å²) in [7, 11) is 0. The van der Waals surface area contributed by atoms with Crippen LogP contribution >= 0.6 is 0 Å². The van der Waals surface area contributed by atoms with Gasteiger partial charge in [0.05, 0.1) is 0 Å². The molecule has 0 spiro atoms. The lowest BCUT2D eigenvalue weighted by Gasteiger charge is -2.34. The fourth-order valence-electron chi connectivity index (χ4n) is 4.18. The number of hydrogen-bond acceptors (Lipinski definition) is 2. The molecule has 0 saturated carbocycles. The summed E-state index contributed by atoms with van der Waals surface area (Å²) in [5.41, 5.74) is 2.25. The number of benzene rings is 2. The van der Waals surface area contributed by atoms with Crippen molar-refractivity contribution in [3.8, 4) is 0 Å². The molecule has 1 aliphatic rings. The lowest BCUT2D eigenvalue weighted by atomic mass is 9.85. The SMILES string of the molecule is C=CC(F)(F)C(F)(c1cc(C)c(NC(=O)c2ccc3c(c2)CCC3N)c(CC)c1)C(F)(F)F. The molecule has 3 nitrogen and oxygen atoms in total. The molecule has 9 heteroatoms. The summed E-state index contributed by atoms with van der Waals surface area (Å²) in [6, 6.07) is 6.36. The van der Waals surface area contributed by atoms with Gasteiger partial charge >= 0.3 is 12.1 Å². The van der Waals surface area contributed by atoms with Gasteiger partial charge in [0.25, 0.3) is 11.6 Å². The van der Waals surface area contributed by atoms with E-state index in [-0.39, 0.29) is 35.4 Å². The molecule has 0 heterocycles. The van der Waals surface area contributed by atoms with E-state index in [1.807, 2.05) is 0 Å². The zero-order valence-electron chi connectivity index (χ0n) is 18.1. The second kappa shape index (κ2) is 8.52. The maximum absolute atomic E-state index is 15.1. The predicted molar refractivity (Wildman–Crippen MR) is 114 cm³/mol. The molecule has 178 valence electrons. The van der Waals surface area contributed by atoms with E-state index in [1.165, 1.54) is 6.92 Å². The van der Waals surface area contributed by atoms with Crippen molar-refractivity contribution in [3.05, 3.63) is 76.4 Å². The normalized spacial score (nSPS) is 17.9. The van der Waals surface area contributed by atoms with Gasteiger partial charge in [-0.05, 0) is 72.7 Å². The molecule has 3 rings (SSSR count). The molecule has 2 aromatic carbocycles. The molecule has 1 aliphatic carbocycles. The van der Waals surface area contributed by atoms with E-state index in [4.69, 9.17) is 5.73 Å². The molecular weight excluding hydrogens is 446 g/mol. The second-order valence-electron chi connectivity index (χ2n) is 8.18. The Hall–Kier alpha value is -2.81. The van der Waals surface area contributed by atoms with E-state index < -0.39 is 29.2 Å². The number of fused-ring (bicyclic) bond motifs is 1. The van der Waals surface area contributed by atoms with Gasteiger partial charge in [-0.2, -0.15) is 22.0 Å². The van der Waals surface area contributed by atoms with Crippen molar-refractivity contribution in [1.82, 2.24) is 0 Å². The van der Waals surface area contributed by atoms with Gasteiger partial charge in [-0.1, -0.05) is 25.6 Å². The van der Waals surface area contributed by atoms with E-state index in [9.17, 15) is 26.7 Å². The third-order valence-electron chi connectivity index (χ3n) is 6.07. The number of hydrogen-bond donors (Lipinski definition) is 2. The van der Waals surface area contributed by atoms with Gasteiger partial charge in [0, 0.05) is 22.9 Å². The van der Waals surface area contributed by atoms with Gasteiger partial charge in [-0.15, -0.1) is 0 Å². The molecule has 2 atom stereocenters. The highest BCUT2D eigenvalue weighted by atomic mass is 19.4. The lowest BCUT2D eigenvalue weighted by Crippen LogP contribution is -2.51. The van der Waals surface area contributed by atoms with Crippen LogP contribution in [0.5, 0.6) is 0 Å². The fourth-order valence-corrected chi connectivity index (χ4v) is 4.18. The van der Waals surface area contributed by atoms with Crippen LogP contribution < -0.4 is 11.1 Å². The Bertz CT molecular complexity index is 1100. The van der Waals surface area contributed by atoms with Crippen molar-refractivity contribution in [2.24, 2.45) is 5.73 Å². The maximum Gasteiger partial charge on any atom is 0.433 e. The topological polar surface area (TPSA) is 55.1 Å². The number of halogens is 6. The minimum Gasteiger partial charge on any atom is -0.324 e.